The zero-order chi connectivity index (χ0) is 21.1. The number of rotatable bonds is 6. The van der Waals surface area contributed by atoms with Crippen molar-refractivity contribution < 1.29 is 14.0 Å². The highest BCUT2D eigenvalue weighted by Crippen LogP contribution is 2.25. The average molecular weight is 425 g/mol. The van der Waals surface area contributed by atoms with Crippen molar-refractivity contribution in [2.75, 3.05) is 28.6 Å². The van der Waals surface area contributed by atoms with Gasteiger partial charge in [-0.05, 0) is 49.6 Å². The summed E-state index contributed by atoms with van der Waals surface area (Å²) in [5, 5.41) is 7.87. The van der Waals surface area contributed by atoms with E-state index >= 15 is 0 Å². The fourth-order valence-electron chi connectivity index (χ4n) is 3.53. The van der Waals surface area contributed by atoms with Crippen molar-refractivity contribution in [3.8, 4) is 0 Å². The van der Waals surface area contributed by atoms with Crippen LogP contribution in [0.2, 0.25) is 0 Å². The number of nitrogens with one attached hydrogen (secondary N) is 2. The summed E-state index contributed by atoms with van der Waals surface area (Å²) in [6.07, 6.45) is 2.83. The Bertz CT molecular complexity index is 1040. The van der Waals surface area contributed by atoms with Crippen LogP contribution in [0.1, 0.15) is 35.2 Å². The summed E-state index contributed by atoms with van der Waals surface area (Å²) in [5.74, 6) is 0.847. The minimum atomic E-state index is -0.279. The largest absolute Gasteiger partial charge is 0.469 e. The van der Waals surface area contributed by atoms with Crippen LogP contribution in [-0.4, -0.2) is 29.9 Å². The molecule has 4 rings (SSSR count). The van der Waals surface area contributed by atoms with Gasteiger partial charge in [-0.1, -0.05) is 6.92 Å². The monoisotopic (exact) mass is 424 g/mol. The molecule has 8 heteroatoms. The Morgan fingerprint density at radius 3 is 2.70 bits per heavy atom. The summed E-state index contributed by atoms with van der Waals surface area (Å²) in [5.41, 5.74) is 3.02. The topological polar surface area (TPSA) is 87.5 Å². The molecule has 3 aromatic rings. The highest BCUT2D eigenvalue weighted by Gasteiger charge is 2.19. The molecule has 2 amide bonds. The van der Waals surface area contributed by atoms with Crippen molar-refractivity contribution in [2.45, 2.75) is 26.7 Å². The van der Waals surface area contributed by atoms with Gasteiger partial charge in [0.2, 0.25) is 5.91 Å². The van der Waals surface area contributed by atoms with Crippen molar-refractivity contribution in [2.24, 2.45) is 5.92 Å². The molecule has 1 unspecified atom stereocenters. The molecule has 1 fully saturated rings. The number of thiazole rings is 1. The molecule has 30 heavy (non-hydrogen) atoms. The van der Waals surface area contributed by atoms with Crippen molar-refractivity contribution >= 4 is 39.7 Å². The van der Waals surface area contributed by atoms with Crippen molar-refractivity contribution in [1.29, 1.82) is 0 Å². The summed E-state index contributed by atoms with van der Waals surface area (Å²) >= 11 is 1.29. The highest BCUT2D eigenvalue weighted by atomic mass is 32.1. The van der Waals surface area contributed by atoms with E-state index in [1.165, 1.54) is 29.7 Å². The first kappa shape index (κ1) is 20.2. The van der Waals surface area contributed by atoms with E-state index in [1.807, 2.05) is 24.3 Å². The third-order valence-corrected chi connectivity index (χ3v) is 5.96. The number of carbonyl (C=O) groups excluding carboxylic acids is 2. The van der Waals surface area contributed by atoms with Crippen molar-refractivity contribution in [1.82, 2.24) is 4.98 Å². The van der Waals surface area contributed by atoms with Crippen LogP contribution in [0, 0.1) is 12.8 Å². The molecule has 0 spiro atoms. The van der Waals surface area contributed by atoms with Crippen LogP contribution < -0.4 is 15.5 Å². The Morgan fingerprint density at radius 1 is 1.23 bits per heavy atom. The van der Waals surface area contributed by atoms with Gasteiger partial charge in [0, 0.05) is 29.8 Å². The number of hydrogen-bond donors (Lipinski definition) is 2. The maximum atomic E-state index is 12.4. The highest BCUT2D eigenvalue weighted by molar-refractivity contribution is 7.14. The van der Waals surface area contributed by atoms with E-state index in [1.54, 1.807) is 18.4 Å². The van der Waals surface area contributed by atoms with Crippen LogP contribution >= 0.6 is 11.3 Å². The molecule has 1 aromatic carbocycles. The normalized spacial score (nSPS) is 15.9. The zero-order valence-electron chi connectivity index (χ0n) is 17.0. The number of hydrogen-bond acceptors (Lipinski definition) is 6. The van der Waals surface area contributed by atoms with Crippen molar-refractivity contribution in [3.63, 3.8) is 0 Å². The van der Waals surface area contributed by atoms with Gasteiger partial charge in [-0.3, -0.25) is 14.9 Å². The van der Waals surface area contributed by atoms with Gasteiger partial charge in [0.15, 0.2) is 5.13 Å². The zero-order valence-corrected chi connectivity index (χ0v) is 17.8. The SMILES string of the molecule is Cc1occc1C(=O)Nc1nc(CC(=O)Nc2ccc(N3CCC(C)C3)cc2)cs1. The molecular weight excluding hydrogens is 400 g/mol. The molecule has 1 saturated heterocycles. The summed E-state index contributed by atoms with van der Waals surface area (Å²) in [7, 11) is 0. The van der Waals surface area contributed by atoms with E-state index in [0.29, 0.717) is 22.1 Å². The van der Waals surface area contributed by atoms with E-state index in [2.05, 4.69) is 27.4 Å². The molecule has 1 aliphatic heterocycles. The summed E-state index contributed by atoms with van der Waals surface area (Å²) in [6, 6.07) is 9.55. The van der Waals surface area contributed by atoms with Crippen LogP contribution in [0.3, 0.4) is 0 Å². The Morgan fingerprint density at radius 2 is 2.03 bits per heavy atom. The third-order valence-electron chi connectivity index (χ3n) is 5.16. The van der Waals surface area contributed by atoms with E-state index < -0.39 is 0 Å². The van der Waals surface area contributed by atoms with E-state index in [9.17, 15) is 9.59 Å². The second kappa shape index (κ2) is 8.71. The summed E-state index contributed by atoms with van der Waals surface area (Å²) < 4.78 is 5.15. The van der Waals surface area contributed by atoms with Gasteiger partial charge in [-0.15, -0.1) is 11.3 Å². The Kier molecular flexibility index (Phi) is 5.85. The summed E-state index contributed by atoms with van der Waals surface area (Å²) in [6.45, 7) is 6.15. The number of benzene rings is 1. The minimum Gasteiger partial charge on any atom is -0.469 e. The number of aryl methyl sites for hydroxylation is 1. The van der Waals surface area contributed by atoms with Gasteiger partial charge in [0.05, 0.1) is 23.9 Å². The fraction of sp³-hybridized carbons (Fsp3) is 0.318. The number of carbonyl (C=O) groups is 2. The Balaban J connectivity index is 1.30. The second-order valence-corrected chi connectivity index (χ2v) is 8.46. The van der Waals surface area contributed by atoms with E-state index in [0.717, 1.165) is 24.7 Å². The second-order valence-electron chi connectivity index (χ2n) is 7.60. The molecule has 156 valence electrons. The van der Waals surface area contributed by atoms with Gasteiger partial charge < -0.3 is 14.6 Å². The lowest BCUT2D eigenvalue weighted by Crippen LogP contribution is -2.19. The fourth-order valence-corrected chi connectivity index (χ4v) is 4.23. The lowest BCUT2D eigenvalue weighted by molar-refractivity contribution is -0.115. The molecule has 0 bridgehead atoms. The predicted octanol–water partition coefficient (Wildman–Crippen LogP) is 4.32. The van der Waals surface area contributed by atoms with Gasteiger partial charge >= 0.3 is 0 Å². The first-order chi connectivity index (χ1) is 14.5. The van der Waals surface area contributed by atoms with Gasteiger partial charge in [-0.2, -0.15) is 0 Å². The van der Waals surface area contributed by atoms with Gasteiger partial charge in [-0.25, -0.2) is 4.98 Å². The Hall–Kier alpha value is -3.13. The van der Waals surface area contributed by atoms with E-state index in [4.69, 9.17) is 4.42 Å². The average Bonchev–Trinajstić information content (AvgIpc) is 3.44. The molecule has 0 radical (unpaired) electrons. The third kappa shape index (κ3) is 4.71. The summed E-state index contributed by atoms with van der Waals surface area (Å²) in [4.78, 5) is 31.3. The molecule has 0 saturated carbocycles. The standard InChI is InChI=1S/C22H24N4O3S/c1-14-7-9-26(12-14)18-5-3-16(4-6-18)23-20(27)11-17-13-30-22(24-17)25-21(28)19-8-10-29-15(19)2/h3-6,8,10,13-14H,7,9,11-12H2,1-2H3,(H,23,27)(H,24,25,28). The quantitative estimate of drug-likeness (QED) is 0.615. The molecule has 2 aromatic heterocycles. The lowest BCUT2D eigenvalue weighted by atomic mass is 10.2. The molecule has 7 nitrogen and oxygen atoms in total. The van der Waals surface area contributed by atoms with Crippen molar-refractivity contribution in [3.05, 3.63) is 59.0 Å². The molecule has 1 aliphatic rings. The smallest absolute Gasteiger partial charge is 0.260 e. The van der Waals surface area contributed by atoms with Crippen LogP contribution in [0.5, 0.6) is 0 Å². The molecule has 3 heterocycles. The van der Waals surface area contributed by atoms with Gasteiger partial charge in [0.25, 0.3) is 5.91 Å². The van der Waals surface area contributed by atoms with Crippen LogP contribution in [-0.2, 0) is 11.2 Å². The molecule has 2 N–H and O–H groups in total. The van der Waals surface area contributed by atoms with Gasteiger partial charge in [0.1, 0.15) is 5.76 Å². The molecule has 1 atom stereocenters. The number of furan rings is 1. The molecule has 0 aliphatic carbocycles. The minimum absolute atomic E-state index is 0.141. The van der Waals surface area contributed by atoms with Crippen LogP contribution in [0.4, 0.5) is 16.5 Å². The van der Waals surface area contributed by atoms with Crippen LogP contribution in [0.25, 0.3) is 0 Å². The molecular formula is C22H24N4O3S. The first-order valence-corrected chi connectivity index (χ1v) is 10.8. The maximum Gasteiger partial charge on any atom is 0.260 e. The first-order valence-electron chi connectivity index (χ1n) is 9.92. The van der Waals surface area contributed by atoms with E-state index in [-0.39, 0.29) is 18.2 Å². The number of aromatic nitrogens is 1. The Labute approximate surface area is 179 Å². The predicted molar refractivity (Wildman–Crippen MR) is 118 cm³/mol. The van der Waals surface area contributed by atoms with Crippen LogP contribution in [0.15, 0.2) is 46.4 Å². The lowest BCUT2D eigenvalue weighted by Gasteiger charge is -2.18. The maximum absolute atomic E-state index is 12.4. The number of nitrogens with zero attached hydrogens (tertiary/aromatic N) is 2. The number of amides is 2. The number of anilines is 3.